The highest BCUT2D eigenvalue weighted by Crippen LogP contribution is 2.30. The van der Waals surface area contributed by atoms with E-state index in [9.17, 15) is 0 Å². The maximum atomic E-state index is 6.03. The lowest BCUT2D eigenvalue weighted by atomic mass is 10.1. The van der Waals surface area contributed by atoms with E-state index in [1.54, 1.807) is 0 Å². The van der Waals surface area contributed by atoms with Crippen molar-refractivity contribution in [3.63, 3.8) is 0 Å². The molecular formula is C17H20ClNO. The number of hydrogen-bond acceptors (Lipinski definition) is 2. The van der Waals surface area contributed by atoms with Crippen LogP contribution in [0.25, 0.3) is 0 Å². The third kappa shape index (κ3) is 3.75. The van der Waals surface area contributed by atoms with Crippen LogP contribution in [0.5, 0.6) is 11.5 Å². The molecule has 1 N–H and O–H groups in total. The summed E-state index contributed by atoms with van der Waals surface area (Å²) in [5.74, 6) is 1.69. The van der Waals surface area contributed by atoms with E-state index in [-0.39, 0.29) is 0 Å². The van der Waals surface area contributed by atoms with Crippen LogP contribution in [0.3, 0.4) is 0 Å². The zero-order chi connectivity index (χ0) is 14.5. The fraction of sp³-hybridized carbons (Fsp3) is 0.294. The number of halogens is 1. The van der Waals surface area contributed by atoms with Gasteiger partial charge in [0.15, 0.2) is 0 Å². The van der Waals surface area contributed by atoms with Crippen molar-refractivity contribution < 1.29 is 4.74 Å². The van der Waals surface area contributed by atoms with Gasteiger partial charge in [0.25, 0.3) is 0 Å². The quantitative estimate of drug-likeness (QED) is 0.849. The van der Waals surface area contributed by atoms with Gasteiger partial charge in [-0.2, -0.15) is 0 Å². The highest BCUT2D eigenvalue weighted by atomic mass is 35.5. The molecule has 0 heterocycles. The molecule has 0 bridgehead atoms. The second-order valence-corrected chi connectivity index (χ2v) is 5.33. The molecule has 0 saturated heterocycles. The van der Waals surface area contributed by atoms with Gasteiger partial charge < -0.3 is 10.1 Å². The second-order valence-electron chi connectivity index (χ2n) is 4.89. The topological polar surface area (TPSA) is 21.3 Å². The molecule has 2 aromatic carbocycles. The van der Waals surface area contributed by atoms with E-state index in [0.717, 1.165) is 35.7 Å². The third-order valence-corrected chi connectivity index (χ3v) is 3.44. The molecule has 0 saturated carbocycles. The van der Waals surface area contributed by atoms with E-state index in [0.29, 0.717) is 5.02 Å². The standard InChI is InChI=1S/C17H20ClNO/c1-4-19-11-14-7-5-12(2)16(9-14)20-17-10-15(18)8-6-13(17)3/h5-10,19H,4,11H2,1-3H3. The maximum Gasteiger partial charge on any atom is 0.131 e. The summed E-state index contributed by atoms with van der Waals surface area (Å²) in [5.41, 5.74) is 3.41. The lowest BCUT2D eigenvalue weighted by Crippen LogP contribution is -2.11. The van der Waals surface area contributed by atoms with Gasteiger partial charge in [0.1, 0.15) is 11.5 Å². The summed E-state index contributed by atoms with van der Waals surface area (Å²) in [6.45, 7) is 7.97. The Hall–Kier alpha value is -1.51. The van der Waals surface area contributed by atoms with Gasteiger partial charge in [0, 0.05) is 11.6 Å². The predicted molar refractivity (Wildman–Crippen MR) is 84.8 cm³/mol. The van der Waals surface area contributed by atoms with E-state index in [4.69, 9.17) is 16.3 Å². The number of ether oxygens (including phenoxy) is 1. The van der Waals surface area contributed by atoms with Crippen LogP contribution < -0.4 is 10.1 Å². The summed E-state index contributed by atoms with van der Waals surface area (Å²) >= 11 is 6.03. The van der Waals surface area contributed by atoms with Crippen molar-refractivity contribution in [2.75, 3.05) is 6.54 Å². The zero-order valence-electron chi connectivity index (χ0n) is 12.2. The number of aryl methyl sites for hydroxylation is 2. The smallest absolute Gasteiger partial charge is 0.131 e. The van der Waals surface area contributed by atoms with Crippen LogP contribution in [0, 0.1) is 13.8 Å². The van der Waals surface area contributed by atoms with E-state index >= 15 is 0 Å². The third-order valence-electron chi connectivity index (χ3n) is 3.20. The largest absolute Gasteiger partial charge is 0.457 e. The molecular weight excluding hydrogens is 270 g/mol. The van der Waals surface area contributed by atoms with E-state index in [2.05, 4.69) is 30.4 Å². The number of nitrogens with one attached hydrogen (secondary N) is 1. The van der Waals surface area contributed by atoms with E-state index in [1.807, 2.05) is 32.0 Å². The molecule has 0 radical (unpaired) electrons. The fourth-order valence-electron chi connectivity index (χ4n) is 1.94. The van der Waals surface area contributed by atoms with Gasteiger partial charge in [-0.05, 0) is 55.3 Å². The molecule has 0 unspecified atom stereocenters. The SMILES string of the molecule is CCNCc1ccc(C)c(Oc2cc(Cl)ccc2C)c1. The Morgan fingerprint density at radius 1 is 1.00 bits per heavy atom. The second kappa shape index (κ2) is 6.78. The van der Waals surface area contributed by atoms with Crippen molar-refractivity contribution >= 4 is 11.6 Å². The molecule has 3 heteroatoms. The van der Waals surface area contributed by atoms with Crippen LogP contribution in [-0.2, 0) is 6.54 Å². The Morgan fingerprint density at radius 2 is 1.65 bits per heavy atom. The predicted octanol–water partition coefficient (Wildman–Crippen LogP) is 4.86. The lowest BCUT2D eigenvalue weighted by molar-refractivity contribution is 0.474. The van der Waals surface area contributed by atoms with Crippen LogP contribution >= 0.6 is 11.6 Å². The Morgan fingerprint density at radius 3 is 2.35 bits per heavy atom. The molecule has 0 amide bonds. The molecule has 0 fully saturated rings. The molecule has 106 valence electrons. The average Bonchev–Trinajstić information content (AvgIpc) is 2.43. The molecule has 0 aliphatic carbocycles. The normalized spacial score (nSPS) is 10.6. The molecule has 20 heavy (non-hydrogen) atoms. The first-order chi connectivity index (χ1) is 9.60. The molecule has 0 aliphatic rings. The number of hydrogen-bond donors (Lipinski definition) is 1. The molecule has 0 spiro atoms. The number of benzene rings is 2. The minimum Gasteiger partial charge on any atom is -0.457 e. The Labute approximate surface area is 125 Å². The highest BCUT2D eigenvalue weighted by molar-refractivity contribution is 6.30. The summed E-state index contributed by atoms with van der Waals surface area (Å²) in [4.78, 5) is 0. The first-order valence-corrected chi connectivity index (χ1v) is 7.22. The van der Waals surface area contributed by atoms with Crippen molar-refractivity contribution in [2.45, 2.75) is 27.3 Å². The van der Waals surface area contributed by atoms with Crippen molar-refractivity contribution in [1.82, 2.24) is 5.32 Å². The van der Waals surface area contributed by atoms with Crippen LogP contribution in [0.15, 0.2) is 36.4 Å². The molecule has 0 atom stereocenters. The van der Waals surface area contributed by atoms with Gasteiger partial charge in [-0.3, -0.25) is 0 Å². The van der Waals surface area contributed by atoms with Crippen molar-refractivity contribution in [3.05, 3.63) is 58.1 Å². The van der Waals surface area contributed by atoms with Crippen molar-refractivity contribution in [3.8, 4) is 11.5 Å². The monoisotopic (exact) mass is 289 g/mol. The summed E-state index contributed by atoms with van der Waals surface area (Å²) in [6, 6.07) is 12.0. The van der Waals surface area contributed by atoms with Crippen LogP contribution in [0.1, 0.15) is 23.6 Å². The lowest BCUT2D eigenvalue weighted by Gasteiger charge is -2.13. The van der Waals surface area contributed by atoms with Gasteiger partial charge in [-0.1, -0.05) is 36.7 Å². The summed E-state index contributed by atoms with van der Waals surface area (Å²) < 4.78 is 6.03. The summed E-state index contributed by atoms with van der Waals surface area (Å²) in [5, 5.41) is 4.01. The number of rotatable bonds is 5. The van der Waals surface area contributed by atoms with E-state index in [1.165, 1.54) is 5.56 Å². The van der Waals surface area contributed by atoms with Crippen LogP contribution in [-0.4, -0.2) is 6.54 Å². The van der Waals surface area contributed by atoms with Gasteiger partial charge in [-0.15, -0.1) is 0 Å². The maximum absolute atomic E-state index is 6.03. The molecule has 0 aliphatic heterocycles. The molecule has 0 aromatic heterocycles. The minimum absolute atomic E-state index is 0.687. The van der Waals surface area contributed by atoms with Crippen molar-refractivity contribution in [1.29, 1.82) is 0 Å². The zero-order valence-corrected chi connectivity index (χ0v) is 12.9. The molecule has 2 rings (SSSR count). The fourth-order valence-corrected chi connectivity index (χ4v) is 2.10. The van der Waals surface area contributed by atoms with Gasteiger partial charge in [-0.25, -0.2) is 0 Å². The summed E-state index contributed by atoms with van der Waals surface area (Å²) in [6.07, 6.45) is 0. The minimum atomic E-state index is 0.687. The Bertz CT molecular complexity index is 596. The summed E-state index contributed by atoms with van der Waals surface area (Å²) in [7, 11) is 0. The first kappa shape index (κ1) is 14.9. The molecule has 2 nitrogen and oxygen atoms in total. The molecule has 2 aromatic rings. The van der Waals surface area contributed by atoms with E-state index < -0.39 is 0 Å². The Balaban J connectivity index is 2.25. The van der Waals surface area contributed by atoms with Crippen molar-refractivity contribution in [2.24, 2.45) is 0 Å². The van der Waals surface area contributed by atoms with Gasteiger partial charge >= 0.3 is 0 Å². The highest BCUT2D eigenvalue weighted by Gasteiger charge is 2.06. The first-order valence-electron chi connectivity index (χ1n) is 6.84. The average molecular weight is 290 g/mol. The van der Waals surface area contributed by atoms with Gasteiger partial charge in [0.2, 0.25) is 0 Å². The van der Waals surface area contributed by atoms with Crippen LogP contribution in [0.2, 0.25) is 5.02 Å². The Kier molecular flexibility index (Phi) is 5.05. The van der Waals surface area contributed by atoms with Gasteiger partial charge in [0.05, 0.1) is 0 Å². The van der Waals surface area contributed by atoms with Crippen LogP contribution in [0.4, 0.5) is 0 Å².